The molecule has 1 aliphatic carbocycles. The van der Waals surface area contributed by atoms with Crippen LogP contribution in [0.3, 0.4) is 0 Å². The Kier molecular flexibility index (Phi) is 5.57. The Morgan fingerprint density at radius 1 is 1.16 bits per heavy atom. The SMILES string of the molecule is Cc1cccc(Oc2nc3ccccn3c(=O)c2C=C2SC(=S)N(C3CCCC3)C2=O)c1. The maximum absolute atomic E-state index is 13.4. The normalized spacial score (nSPS) is 18.3. The molecule has 32 heavy (non-hydrogen) atoms. The Labute approximate surface area is 194 Å². The van der Waals surface area contributed by atoms with E-state index in [0.717, 1.165) is 31.2 Å². The number of aryl methyl sites for hydroxylation is 1. The maximum Gasteiger partial charge on any atom is 0.269 e. The average Bonchev–Trinajstić information content (AvgIpc) is 3.38. The van der Waals surface area contributed by atoms with Crippen molar-refractivity contribution in [1.29, 1.82) is 0 Å². The molecule has 2 aliphatic rings. The molecule has 8 heteroatoms. The Hall–Kier alpha value is -2.97. The standard InChI is InChI=1S/C24H21N3O3S2/c1-15-7-6-10-17(13-15)30-21-18(22(28)26-12-5-4-11-20(26)25-21)14-19-23(29)27(24(31)32-19)16-8-2-3-9-16/h4-7,10-14,16H,2-3,8-9H2,1H3. The molecule has 5 rings (SSSR count). The van der Waals surface area contributed by atoms with E-state index in [1.807, 2.05) is 37.3 Å². The molecular formula is C24H21N3O3S2. The van der Waals surface area contributed by atoms with Crippen molar-refractivity contribution in [2.24, 2.45) is 0 Å². The average molecular weight is 464 g/mol. The molecule has 1 aromatic carbocycles. The molecule has 162 valence electrons. The van der Waals surface area contributed by atoms with Crippen LogP contribution in [0, 0.1) is 6.92 Å². The van der Waals surface area contributed by atoms with Crippen LogP contribution in [0.25, 0.3) is 11.7 Å². The molecule has 0 bridgehead atoms. The third-order valence-electron chi connectivity index (χ3n) is 5.73. The number of nitrogens with zero attached hydrogens (tertiary/aromatic N) is 3. The van der Waals surface area contributed by atoms with E-state index < -0.39 is 0 Å². The fraction of sp³-hybridized carbons (Fsp3) is 0.250. The third-order valence-corrected chi connectivity index (χ3v) is 7.06. The van der Waals surface area contributed by atoms with Crippen LogP contribution in [0.1, 0.15) is 36.8 Å². The highest BCUT2D eigenvalue weighted by atomic mass is 32.2. The van der Waals surface area contributed by atoms with Gasteiger partial charge in [0.05, 0.1) is 4.91 Å². The summed E-state index contributed by atoms with van der Waals surface area (Å²) in [6.07, 6.45) is 7.36. The summed E-state index contributed by atoms with van der Waals surface area (Å²) >= 11 is 6.74. The van der Waals surface area contributed by atoms with Crippen LogP contribution in [-0.2, 0) is 4.79 Å². The lowest BCUT2D eigenvalue weighted by Crippen LogP contribution is -2.36. The van der Waals surface area contributed by atoms with Crippen molar-refractivity contribution in [1.82, 2.24) is 14.3 Å². The largest absolute Gasteiger partial charge is 0.438 e. The summed E-state index contributed by atoms with van der Waals surface area (Å²) in [6.45, 7) is 1.96. The zero-order chi connectivity index (χ0) is 22.2. The number of fused-ring (bicyclic) bond motifs is 1. The first-order valence-corrected chi connectivity index (χ1v) is 11.8. The summed E-state index contributed by atoms with van der Waals surface area (Å²) in [6, 6.07) is 13.0. The highest BCUT2D eigenvalue weighted by molar-refractivity contribution is 8.26. The molecular weight excluding hydrogens is 442 g/mol. The van der Waals surface area contributed by atoms with E-state index >= 15 is 0 Å². The minimum atomic E-state index is -0.301. The van der Waals surface area contributed by atoms with Gasteiger partial charge in [-0.15, -0.1) is 0 Å². The Balaban J connectivity index is 1.61. The van der Waals surface area contributed by atoms with Gasteiger partial charge in [0, 0.05) is 12.2 Å². The van der Waals surface area contributed by atoms with E-state index in [-0.39, 0.29) is 29.0 Å². The molecule has 2 fully saturated rings. The van der Waals surface area contributed by atoms with Gasteiger partial charge in [0.1, 0.15) is 21.3 Å². The third kappa shape index (κ3) is 3.84. The fourth-order valence-corrected chi connectivity index (χ4v) is 5.54. The number of ether oxygens (including phenoxy) is 1. The van der Waals surface area contributed by atoms with E-state index in [9.17, 15) is 9.59 Å². The summed E-state index contributed by atoms with van der Waals surface area (Å²) in [5.74, 6) is 0.592. The highest BCUT2D eigenvalue weighted by Gasteiger charge is 2.38. The summed E-state index contributed by atoms with van der Waals surface area (Å²) < 4.78 is 8.04. The minimum absolute atomic E-state index is 0.146. The number of hydrogen-bond acceptors (Lipinski definition) is 6. The van der Waals surface area contributed by atoms with Gasteiger partial charge in [-0.05, 0) is 55.7 Å². The molecule has 1 amide bonds. The second kappa shape index (κ2) is 8.52. The molecule has 0 spiro atoms. The van der Waals surface area contributed by atoms with Gasteiger partial charge in [0.15, 0.2) is 0 Å². The predicted molar refractivity (Wildman–Crippen MR) is 130 cm³/mol. The number of thioether (sulfide) groups is 1. The van der Waals surface area contributed by atoms with Crippen molar-refractivity contribution in [2.75, 3.05) is 0 Å². The van der Waals surface area contributed by atoms with Gasteiger partial charge in [-0.3, -0.25) is 18.9 Å². The molecule has 1 aliphatic heterocycles. The lowest BCUT2D eigenvalue weighted by Gasteiger charge is -2.21. The number of amides is 1. The second-order valence-electron chi connectivity index (χ2n) is 7.97. The van der Waals surface area contributed by atoms with Crippen LogP contribution >= 0.6 is 24.0 Å². The number of aromatic nitrogens is 2. The van der Waals surface area contributed by atoms with E-state index in [1.54, 1.807) is 29.3 Å². The highest BCUT2D eigenvalue weighted by Crippen LogP contribution is 2.38. The van der Waals surface area contributed by atoms with Crippen molar-refractivity contribution in [3.63, 3.8) is 0 Å². The molecule has 1 saturated heterocycles. The molecule has 6 nitrogen and oxygen atoms in total. The van der Waals surface area contributed by atoms with Gasteiger partial charge >= 0.3 is 0 Å². The van der Waals surface area contributed by atoms with Crippen LogP contribution in [0.5, 0.6) is 11.6 Å². The van der Waals surface area contributed by atoms with Gasteiger partial charge in [-0.2, -0.15) is 4.98 Å². The number of carbonyl (C=O) groups is 1. The number of carbonyl (C=O) groups excluding carboxylic acids is 1. The van der Waals surface area contributed by atoms with Crippen molar-refractivity contribution in [3.05, 3.63) is 75.0 Å². The Morgan fingerprint density at radius 3 is 2.75 bits per heavy atom. The number of benzene rings is 1. The smallest absolute Gasteiger partial charge is 0.269 e. The summed E-state index contributed by atoms with van der Waals surface area (Å²) in [5, 5.41) is 0. The first-order chi connectivity index (χ1) is 15.5. The van der Waals surface area contributed by atoms with Crippen LogP contribution in [-0.4, -0.2) is 30.6 Å². The van der Waals surface area contributed by atoms with Crippen LogP contribution in [0.15, 0.2) is 58.4 Å². The molecule has 1 saturated carbocycles. The number of rotatable bonds is 4. The van der Waals surface area contributed by atoms with Gasteiger partial charge in [-0.25, -0.2) is 0 Å². The summed E-state index contributed by atoms with van der Waals surface area (Å²) in [4.78, 5) is 33.2. The van der Waals surface area contributed by atoms with Crippen LogP contribution < -0.4 is 10.3 Å². The van der Waals surface area contributed by atoms with Crippen molar-refractivity contribution < 1.29 is 9.53 Å². The van der Waals surface area contributed by atoms with Gasteiger partial charge in [0.2, 0.25) is 5.88 Å². The Bertz CT molecular complexity index is 1330. The molecule has 3 aromatic rings. The maximum atomic E-state index is 13.4. The number of hydrogen-bond donors (Lipinski definition) is 0. The van der Waals surface area contributed by atoms with E-state index in [1.165, 1.54) is 16.2 Å². The summed E-state index contributed by atoms with van der Waals surface area (Å²) in [5.41, 5.74) is 1.42. The minimum Gasteiger partial charge on any atom is -0.438 e. The van der Waals surface area contributed by atoms with E-state index in [4.69, 9.17) is 17.0 Å². The van der Waals surface area contributed by atoms with Gasteiger partial charge in [-0.1, -0.05) is 55.0 Å². The van der Waals surface area contributed by atoms with Crippen molar-refractivity contribution in [2.45, 2.75) is 38.6 Å². The molecule has 2 aromatic heterocycles. The molecule has 0 atom stereocenters. The second-order valence-corrected chi connectivity index (χ2v) is 9.65. The molecule has 0 unspecified atom stereocenters. The van der Waals surface area contributed by atoms with Crippen molar-refractivity contribution >= 4 is 45.9 Å². The molecule has 3 heterocycles. The zero-order valence-corrected chi connectivity index (χ0v) is 19.1. The number of pyridine rings is 1. The lowest BCUT2D eigenvalue weighted by atomic mass is 10.2. The fourth-order valence-electron chi connectivity index (χ4n) is 4.16. The van der Waals surface area contributed by atoms with Crippen LogP contribution in [0.2, 0.25) is 0 Å². The number of thiocarbonyl (C=S) groups is 1. The van der Waals surface area contributed by atoms with Crippen molar-refractivity contribution in [3.8, 4) is 11.6 Å². The molecule has 0 radical (unpaired) electrons. The molecule has 0 N–H and O–H groups in total. The lowest BCUT2D eigenvalue weighted by molar-refractivity contribution is -0.123. The summed E-state index contributed by atoms with van der Waals surface area (Å²) in [7, 11) is 0. The van der Waals surface area contributed by atoms with Gasteiger partial charge < -0.3 is 4.74 Å². The topological polar surface area (TPSA) is 63.9 Å². The Morgan fingerprint density at radius 2 is 1.97 bits per heavy atom. The monoisotopic (exact) mass is 463 g/mol. The zero-order valence-electron chi connectivity index (χ0n) is 17.5. The van der Waals surface area contributed by atoms with E-state index in [2.05, 4.69) is 4.98 Å². The predicted octanol–water partition coefficient (Wildman–Crippen LogP) is 4.94. The quantitative estimate of drug-likeness (QED) is 0.403. The van der Waals surface area contributed by atoms with E-state index in [0.29, 0.717) is 20.6 Å². The van der Waals surface area contributed by atoms with Gasteiger partial charge in [0.25, 0.3) is 11.5 Å². The first kappa shape index (κ1) is 20.9. The van der Waals surface area contributed by atoms with Crippen LogP contribution in [0.4, 0.5) is 0 Å². The first-order valence-electron chi connectivity index (χ1n) is 10.5.